The summed E-state index contributed by atoms with van der Waals surface area (Å²) in [5.41, 5.74) is 4.87. The molecule has 0 aliphatic heterocycles. The molecule has 2 N–H and O–H groups in total. The van der Waals surface area contributed by atoms with Crippen molar-refractivity contribution in [2.24, 2.45) is 5.10 Å². The van der Waals surface area contributed by atoms with Crippen LogP contribution in [0.1, 0.15) is 21.7 Å². The summed E-state index contributed by atoms with van der Waals surface area (Å²) >= 11 is 0. The highest BCUT2D eigenvalue weighted by molar-refractivity contribution is 5.97. The quantitative estimate of drug-likeness (QED) is 0.221. The van der Waals surface area contributed by atoms with Gasteiger partial charge >= 0.3 is 5.91 Å². The van der Waals surface area contributed by atoms with Crippen LogP contribution in [0.25, 0.3) is 11.0 Å². The largest absolute Gasteiger partial charge is 0.483 e. The molecule has 4 rings (SSSR count). The number of fused-ring (bicyclic) bond motifs is 1. The van der Waals surface area contributed by atoms with Crippen molar-refractivity contribution >= 4 is 40.4 Å². The molecule has 1 aromatic heterocycles. The van der Waals surface area contributed by atoms with E-state index in [9.17, 15) is 19.7 Å². The number of non-ortho nitro benzene ring substituents is 1. The number of amides is 2. The number of anilines is 1. The molecule has 2 amide bonds. The zero-order valence-electron chi connectivity index (χ0n) is 18.6. The van der Waals surface area contributed by atoms with E-state index in [0.717, 1.165) is 5.56 Å². The van der Waals surface area contributed by atoms with E-state index in [1.165, 1.54) is 30.5 Å². The fraction of sp³-hybridized carbons (Fsp3) is 0.0800. The van der Waals surface area contributed by atoms with Crippen molar-refractivity contribution in [2.75, 3.05) is 11.9 Å². The first-order valence-corrected chi connectivity index (χ1v) is 10.5. The Labute approximate surface area is 199 Å². The van der Waals surface area contributed by atoms with Gasteiger partial charge in [-0.05, 0) is 43.3 Å². The van der Waals surface area contributed by atoms with Gasteiger partial charge in [-0.3, -0.25) is 19.7 Å². The summed E-state index contributed by atoms with van der Waals surface area (Å²) in [6.07, 6.45) is 1.37. The molecule has 0 radical (unpaired) electrons. The standard InChI is InChI=1S/C25H20N4O6/c1-16-6-8-19(9-7-16)27-24(30)15-34-21-5-3-2-4-17(21)14-26-28-25(31)23-13-18-12-20(29(32)33)10-11-22(18)35-23/h2-14H,15H2,1H3,(H,27,30)(H,28,31)/b26-14+. The van der Waals surface area contributed by atoms with Gasteiger partial charge in [-0.15, -0.1) is 0 Å². The second-order valence-electron chi connectivity index (χ2n) is 7.53. The second-order valence-corrected chi connectivity index (χ2v) is 7.53. The van der Waals surface area contributed by atoms with Crippen molar-refractivity contribution in [3.63, 3.8) is 0 Å². The van der Waals surface area contributed by atoms with Crippen LogP contribution in [0, 0.1) is 17.0 Å². The maximum absolute atomic E-state index is 12.4. The van der Waals surface area contributed by atoms with Gasteiger partial charge in [-0.25, -0.2) is 5.43 Å². The summed E-state index contributed by atoms with van der Waals surface area (Å²) in [7, 11) is 0. The molecule has 0 aliphatic rings. The molecule has 10 heteroatoms. The average Bonchev–Trinajstić information content (AvgIpc) is 3.28. The highest BCUT2D eigenvalue weighted by Crippen LogP contribution is 2.24. The summed E-state index contributed by atoms with van der Waals surface area (Å²) in [5.74, 6) is -0.592. The zero-order chi connectivity index (χ0) is 24.8. The molecule has 0 unspecified atom stereocenters. The molecule has 0 saturated heterocycles. The monoisotopic (exact) mass is 472 g/mol. The molecule has 0 aliphatic carbocycles. The van der Waals surface area contributed by atoms with Crippen molar-refractivity contribution in [1.82, 2.24) is 5.43 Å². The van der Waals surface area contributed by atoms with Gasteiger partial charge in [0.1, 0.15) is 11.3 Å². The van der Waals surface area contributed by atoms with Gasteiger partial charge < -0.3 is 14.5 Å². The third-order valence-corrected chi connectivity index (χ3v) is 4.92. The summed E-state index contributed by atoms with van der Waals surface area (Å²) in [6.45, 7) is 1.75. The molecule has 176 valence electrons. The number of nitrogens with one attached hydrogen (secondary N) is 2. The lowest BCUT2D eigenvalue weighted by atomic mass is 10.2. The number of furan rings is 1. The Morgan fingerprint density at radius 3 is 2.63 bits per heavy atom. The van der Waals surface area contributed by atoms with Crippen molar-refractivity contribution in [3.8, 4) is 5.75 Å². The molecule has 0 bridgehead atoms. The number of para-hydroxylation sites is 1. The van der Waals surface area contributed by atoms with Crippen molar-refractivity contribution in [2.45, 2.75) is 6.92 Å². The molecule has 4 aromatic rings. The van der Waals surface area contributed by atoms with Crippen LogP contribution in [0.4, 0.5) is 11.4 Å². The average molecular weight is 472 g/mol. The van der Waals surface area contributed by atoms with Crippen LogP contribution in [0.15, 0.2) is 82.3 Å². The van der Waals surface area contributed by atoms with Crippen LogP contribution in [0.3, 0.4) is 0 Å². The maximum atomic E-state index is 12.4. The van der Waals surface area contributed by atoms with E-state index in [2.05, 4.69) is 15.8 Å². The lowest BCUT2D eigenvalue weighted by molar-refractivity contribution is -0.384. The Kier molecular flexibility index (Phi) is 6.82. The molecule has 0 atom stereocenters. The number of aryl methyl sites for hydroxylation is 1. The number of carbonyl (C=O) groups is 2. The number of rotatable bonds is 8. The second kappa shape index (κ2) is 10.3. The number of ether oxygens (including phenoxy) is 1. The van der Waals surface area contributed by atoms with Crippen LogP contribution in [-0.2, 0) is 4.79 Å². The number of nitro groups is 1. The Balaban J connectivity index is 1.36. The first-order chi connectivity index (χ1) is 16.9. The van der Waals surface area contributed by atoms with Crippen LogP contribution in [-0.4, -0.2) is 29.6 Å². The highest BCUT2D eigenvalue weighted by Gasteiger charge is 2.15. The number of hydrogen-bond donors (Lipinski definition) is 2. The van der Waals surface area contributed by atoms with Crippen LogP contribution in [0.5, 0.6) is 5.75 Å². The van der Waals surface area contributed by atoms with E-state index in [1.54, 1.807) is 36.4 Å². The van der Waals surface area contributed by atoms with E-state index in [0.29, 0.717) is 28.0 Å². The predicted molar refractivity (Wildman–Crippen MR) is 130 cm³/mol. The van der Waals surface area contributed by atoms with E-state index < -0.39 is 10.8 Å². The number of carbonyl (C=O) groups excluding carboxylic acids is 2. The van der Waals surface area contributed by atoms with Gasteiger partial charge in [0.15, 0.2) is 12.4 Å². The molecule has 0 saturated carbocycles. The van der Waals surface area contributed by atoms with E-state index >= 15 is 0 Å². The van der Waals surface area contributed by atoms with Gasteiger partial charge in [-0.1, -0.05) is 29.8 Å². The Bertz CT molecular complexity index is 1430. The summed E-state index contributed by atoms with van der Waals surface area (Å²) in [5, 5.41) is 18.0. The molecule has 0 spiro atoms. The van der Waals surface area contributed by atoms with Crippen molar-refractivity contribution < 1.29 is 23.7 Å². The van der Waals surface area contributed by atoms with Gasteiger partial charge in [0, 0.05) is 28.8 Å². The summed E-state index contributed by atoms with van der Waals surface area (Å²) in [6, 6.07) is 19.7. The lowest BCUT2D eigenvalue weighted by Crippen LogP contribution is -2.20. The highest BCUT2D eigenvalue weighted by atomic mass is 16.6. The van der Waals surface area contributed by atoms with E-state index in [1.807, 2.05) is 19.1 Å². The fourth-order valence-electron chi connectivity index (χ4n) is 3.17. The molecule has 1 heterocycles. The van der Waals surface area contributed by atoms with E-state index in [4.69, 9.17) is 9.15 Å². The Morgan fingerprint density at radius 1 is 1.09 bits per heavy atom. The third kappa shape index (κ3) is 5.88. The number of nitro benzene ring substituents is 1. The minimum Gasteiger partial charge on any atom is -0.483 e. The van der Waals surface area contributed by atoms with Gasteiger partial charge in [0.25, 0.3) is 11.6 Å². The Hall–Kier alpha value is -4.99. The molecular weight excluding hydrogens is 452 g/mol. The SMILES string of the molecule is Cc1ccc(NC(=O)COc2ccccc2/C=N/NC(=O)c2cc3cc([N+](=O)[O-])ccc3o2)cc1. The minimum atomic E-state index is -0.629. The third-order valence-electron chi connectivity index (χ3n) is 4.92. The molecular formula is C25H20N4O6. The Morgan fingerprint density at radius 2 is 1.86 bits per heavy atom. The summed E-state index contributed by atoms with van der Waals surface area (Å²) in [4.78, 5) is 35.0. The first kappa shape index (κ1) is 23.2. The fourth-order valence-corrected chi connectivity index (χ4v) is 3.17. The maximum Gasteiger partial charge on any atom is 0.307 e. The minimum absolute atomic E-state index is 0.0463. The normalized spacial score (nSPS) is 10.9. The van der Waals surface area contributed by atoms with Crippen LogP contribution >= 0.6 is 0 Å². The predicted octanol–water partition coefficient (Wildman–Crippen LogP) is 4.43. The van der Waals surface area contributed by atoms with Gasteiger partial charge in [-0.2, -0.15) is 5.10 Å². The molecule has 0 fully saturated rings. The number of benzene rings is 3. The lowest BCUT2D eigenvalue weighted by Gasteiger charge is -2.09. The van der Waals surface area contributed by atoms with Crippen LogP contribution < -0.4 is 15.5 Å². The number of hydrogen-bond acceptors (Lipinski definition) is 7. The first-order valence-electron chi connectivity index (χ1n) is 10.5. The molecule has 35 heavy (non-hydrogen) atoms. The van der Waals surface area contributed by atoms with Gasteiger partial charge in [0.2, 0.25) is 0 Å². The van der Waals surface area contributed by atoms with Crippen LogP contribution in [0.2, 0.25) is 0 Å². The number of nitrogens with zero attached hydrogens (tertiary/aromatic N) is 2. The molecule has 3 aromatic carbocycles. The topological polar surface area (TPSA) is 136 Å². The van der Waals surface area contributed by atoms with Crippen molar-refractivity contribution in [3.05, 3.63) is 99.8 Å². The molecule has 10 nitrogen and oxygen atoms in total. The van der Waals surface area contributed by atoms with Gasteiger partial charge in [0.05, 0.1) is 11.1 Å². The van der Waals surface area contributed by atoms with Crippen molar-refractivity contribution in [1.29, 1.82) is 0 Å². The smallest absolute Gasteiger partial charge is 0.307 e. The number of hydrazone groups is 1. The van der Waals surface area contributed by atoms with E-state index in [-0.39, 0.29) is 24.0 Å². The summed E-state index contributed by atoms with van der Waals surface area (Å²) < 4.78 is 11.1. The zero-order valence-corrected chi connectivity index (χ0v) is 18.6.